The normalized spacial score (nSPS) is 19.5. The number of benzene rings is 1. The zero-order chi connectivity index (χ0) is 15.5. The molecule has 0 saturated carbocycles. The van der Waals surface area contributed by atoms with E-state index in [-0.39, 0.29) is 5.91 Å². The molecule has 0 spiro atoms. The summed E-state index contributed by atoms with van der Waals surface area (Å²) >= 11 is 0. The van der Waals surface area contributed by atoms with Gasteiger partial charge in [-0.05, 0) is 45.4 Å². The van der Waals surface area contributed by atoms with Crippen LogP contribution in [0.5, 0.6) is 0 Å². The Labute approximate surface area is 131 Å². The third kappa shape index (κ3) is 3.14. The highest BCUT2D eigenvalue weighted by Gasteiger charge is 2.18. The molecule has 0 radical (unpaired) electrons. The minimum absolute atomic E-state index is 0.0958. The summed E-state index contributed by atoms with van der Waals surface area (Å²) in [7, 11) is 0. The Morgan fingerprint density at radius 2 is 2.32 bits per heavy atom. The summed E-state index contributed by atoms with van der Waals surface area (Å²) in [5, 5.41) is 11.0. The first kappa shape index (κ1) is 15.0. The molecule has 2 N–H and O–H groups in total. The number of H-pyrrole nitrogens is 1. The van der Waals surface area contributed by atoms with Crippen LogP contribution in [0.25, 0.3) is 10.9 Å². The van der Waals surface area contributed by atoms with Gasteiger partial charge in [0.25, 0.3) is 5.91 Å². The van der Waals surface area contributed by atoms with Gasteiger partial charge in [0.05, 0.1) is 5.52 Å². The van der Waals surface area contributed by atoms with E-state index in [4.69, 9.17) is 0 Å². The highest BCUT2D eigenvalue weighted by Crippen LogP contribution is 2.18. The Bertz CT molecular complexity index is 664. The van der Waals surface area contributed by atoms with Gasteiger partial charge in [0, 0.05) is 24.5 Å². The number of carbonyl (C=O) groups excluding carboxylic acids is 1. The average Bonchev–Trinajstić information content (AvgIpc) is 2.92. The van der Waals surface area contributed by atoms with Crippen LogP contribution in [0.2, 0.25) is 0 Å². The monoisotopic (exact) mass is 300 g/mol. The molecule has 1 aliphatic rings. The number of nitrogens with zero attached hydrogens (tertiary/aromatic N) is 2. The number of aromatic nitrogens is 2. The Morgan fingerprint density at radius 1 is 1.45 bits per heavy atom. The molecule has 1 saturated heterocycles. The van der Waals surface area contributed by atoms with E-state index < -0.39 is 0 Å². The molecule has 1 aromatic heterocycles. The molecule has 3 rings (SSSR count). The summed E-state index contributed by atoms with van der Waals surface area (Å²) in [5.74, 6) is -0.0958. The highest BCUT2D eigenvalue weighted by molar-refractivity contribution is 6.04. The van der Waals surface area contributed by atoms with Gasteiger partial charge in [-0.3, -0.25) is 14.8 Å². The lowest BCUT2D eigenvalue weighted by molar-refractivity contribution is 0.0935. The van der Waals surface area contributed by atoms with E-state index in [0.29, 0.717) is 18.3 Å². The molecule has 1 aliphatic heterocycles. The van der Waals surface area contributed by atoms with E-state index in [0.717, 1.165) is 29.6 Å². The second-order valence-corrected chi connectivity index (χ2v) is 6.26. The predicted octanol–water partition coefficient (Wildman–Crippen LogP) is 2.48. The number of likely N-dealkylation sites (tertiary alicyclic amines) is 1. The number of carbonyl (C=O) groups is 1. The molecule has 22 heavy (non-hydrogen) atoms. The van der Waals surface area contributed by atoms with Crippen LogP contribution in [0.1, 0.15) is 42.2 Å². The Balaban J connectivity index is 1.60. The third-order valence-electron chi connectivity index (χ3n) is 4.56. The number of nitrogens with one attached hydrogen (secondary N) is 2. The van der Waals surface area contributed by atoms with Crippen LogP contribution in [0.3, 0.4) is 0 Å². The van der Waals surface area contributed by atoms with Gasteiger partial charge >= 0.3 is 0 Å². The summed E-state index contributed by atoms with van der Waals surface area (Å²) in [6, 6.07) is 6.60. The molecular weight excluding hydrogens is 276 g/mol. The largest absolute Gasteiger partial charge is 0.349 e. The lowest BCUT2D eigenvalue weighted by Gasteiger charge is -2.33. The van der Waals surface area contributed by atoms with Gasteiger partial charge < -0.3 is 5.32 Å². The molecule has 5 heteroatoms. The van der Waals surface area contributed by atoms with E-state index in [1.807, 2.05) is 25.1 Å². The van der Waals surface area contributed by atoms with Gasteiger partial charge in [0.2, 0.25) is 0 Å². The number of fused-ring (bicyclic) bond motifs is 1. The second-order valence-electron chi connectivity index (χ2n) is 6.26. The average molecular weight is 300 g/mol. The van der Waals surface area contributed by atoms with Crippen LogP contribution in [-0.2, 0) is 0 Å². The van der Waals surface area contributed by atoms with Crippen LogP contribution in [-0.4, -0.2) is 46.7 Å². The molecule has 1 atom stereocenters. The van der Waals surface area contributed by atoms with E-state index >= 15 is 0 Å². The Hall–Kier alpha value is -1.88. The van der Waals surface area contributed by atoms with Crippen molar-refractivity contribution in [3.05, 3.63) is 29.5 Å². The van der Waals surface area contributed by atoms with Crippen LogP contribution in [0, 0.1) is 6.92 Å². The van der Waals surface area contributed by atoms with Crippen LogP contribution >= 0.6 is 0 Å². The van der Waals surface area contributed by atoms with E-state index in [9.17, 15) is 4.79 Å². The molecule has 0 bridgehead atoms. The lowest BCUT2D eigenvalue weighted by Crippen LogP contribution is -2.42. The molecule has 5 nitrogen and oxygen atoms in total. The predicted molar refractivity (Wildman–Crippen MR) is 88.0 cm³/mol. The summed E-state index contributed by atoms with van der Waals surface area (Å²) in [6.45, 7) is 7.01. The minimum atomic E-state index is -0.0958. The zero-order valence-electron chi connectivity index (χ0n) is 13.4. The summed E-state index contributed by atoms with van der Waals surface area (Å²) in [6.07, 6.45) is 3.85. The molecule has 1 aromatic carbocycles. The van der Waals surface area contributed by atoms with Gasteiger partial charge in [0.15, 0.2) is 5.69 Å². The van der Waals surface area contributed by atoms with Gasteiger partial charge in [-0.1, -0.05) is 18.1 Å². The maximum Gasteiger partial charge on any atom is 0.272 e. The lowest BCUT2D eigenvalue weighted by atomic mass is 10.0. The zero-order valence-corrected chi connectivity index (χ0v) is 13.4. The van der Waals surface area contributed by atoms with Crippen LogP contribution in [0.4, 0.5) is 0 Å². The minimum Gasteiger partial charge on any atom is -0.349 e. The number of aromatic amines is 1. The quantitative estimate of drug-likeness (QED) is 0.912. The number of amides is 1. The molecule has 1 fully saturated rings. The summed E-state index contributed by atoms with van der Waals surface area (Å²) in [4.78, 5) is 14.8. The van der Waals surface area contributed by atoms with Crippen molar-refractivity contribution in [3.8, 4) is 0 Å². The maximum atomic E-state index is 12.3. The first-order valence-corrected chi connectivity index (χ1v) is 8.12. The molecule has 2 aromatic rings. The van der Waals surface area contributed by atoms with E-state index in [1.54, 1.807) is 0 Å². The molecular formula is C17H24N4O. The topological polar surface area (TPSA) is 61.0 Å². The summed E-state index contributed by atoms with van der Waals surface area (Å²) < 4.78 is 0. The molecule has 1 amide bonds. The van der Waals surface area contributed by atoms with E-state index in [1.165, 1.54) is 19.3 Å². The molecule has 118 valence electrons. The number of rotatable bonds is 4. The number of piperidine rings is 1. The van der Waals surface area contributed by atoms with Crippen molar-refractivity contribution < 1.29 is 4.79 Å². The number of aryl methyl sites for hydroxylation is 1. The number of hydrogen-bond acceptors (Lipinski definition) is 3. The maximum absolute atomic E-state index is 12.3. The first-order valence-electron chi connectivity index (χ1n) is 8.12. The standard InChI is InChI=1S/C17H24N4O/c1-12-6-7-15-14(11-12)16(20-19-15)17(22)18-8-10-21-9-4-3-5-13(21)2/h6-7,11,13H,3-5,8-10H2,1-2H3,(H,18,22)(H,19,20). The molecule has 2 heterocycles. The van der Waals surface area contributed by atoms with Gasteiger partial charge in [-0.25, -0.2) is 0 Å². The molecule has 1 unspecified atom stereocenters. The molecule has 0 aliphatic carbocycles. The Morgan fingerprint density at radius 3 is 3.14 bits per heavy atom. The fraction of sp³-hybridized carbons (Fsp3) is 0.529. The Kier molecular flexibility index (Phi) is 4.43. The van der Waals surface area contributed by atoms with Crippen molar-refractivity contribution in [3.63, 3.8) is 0 Å². The fourth-order valence-electron chi connectivity index (χ4n) is 3.19. The first-order chi connectivity index (χ1) is 10.6. The van der Waals surface area contributed by atoms with Crippen molar-refractivity contribution in [2.75, 3.05) is 19.6 Å². The highest BCUT2D eigenvalue weighted by atomic mass is 16.1. The second kappa shape index (κ2) is 6.48. The third-order valence-corrected chi connectivity index (χ3v) is 4.56. The van der Waals surface area contributed by atoms with Crippen molar-refractivity contribution in [2.24, 2.45) is 0 Å². The SMILES string of the molecule is Cc1ccc2[nH]nc(C(=O)NCCN3CCCCC3C)c2c1. The smallest absolute Gasteiger partial charge is 0.272 e. The van der Waals surface area contributed by atoms with Gasteiger partial charge in [-0.2, -0.15) is 5.10 Å². The van der Waals surface area contributed by atoms with Crippen molar-refractivity contribution in [1.29, 1.82) is 0 Å². The van der Waals surface area contributed by atoms with Crippen LogP contribution < -0.4 is 5.32 Å². The number of hydrogen-bond donors (Lipinski definition) is 2. The van der Waals surface area contributed by atoms with Gasteiger partial charge in [-0.15, -0.1) is 0 Å². The van der Waals surface area contributed by atoms with Crippen molar-refractivity contribution in [1.82, 2.24) is 20.4 Å². The van der Waals surface area contributed by atoms with E-state index in [2.05, 4.69) is 27.3 Å². The van der Waals surface area contributed by atoms with Crippen molar-refractivity contribution >= 4 is 16.8 Å². The summed E-state index contributed by atoms with van der Waals surface area (Å²) in [5.41, 5.74) is 2.52. The van der Waals surface area contributed by atoms with Crippen LogP contribution in [0.15, 0.2) is 18.2 Å². The van der Waals surface area contributed by atoms with Crippen molar-refractivity contribution in [2.45, 2.75) is 39.2 Å². The fourth-order valence-corrected chi connectivity index (χ4v) is 3.19. The van der Waals surface area contributed by atoms with Gasteiger partial charge in [0.1, 0.15) is 0 Å².